The van der Waals surface area contributed by atoms with Crippen LogP contribution >= 0.6 is 0 Å². The Hall–Kier alpha value is -4.74. The lowest BCUT2D eigenvalue weighted by molar-refractivity contribution is -0.122. The molecular weight excluding hydrogens is 559 g/mol. The van der Waals surface area contributed by atoms with Crippen molar-refractivity contribution in [3.8, 4) is 16.9 Å². The third-order valence-corrected chi connectivity index (χ3v) is 8.13. The minimum absolute atomic E-state index is 0.0500. The molecule has 0 atom stereocenters. The zero-order valence-electron chi connectivity index (χ0n) is 25.2. The molecule has 0 radical (unpaired) electrons. The maximum absolute atomic E-state index is 14.8. The number of benzene rings is 2. The maximum Gasteiger partial charge on any atom is 0.239 e. The van der Waals surface area contributed by atoms with E-state index >= 15 is 0 Å². The summed E-state index contributed by atoms with van der Waals surface area (Å²) in [6.07, 6.45) is 9.25. The van der Waals surface area contributed by atoms with Gasteiger partial charge in [-0.1, -0.05) is 6.07 Å². The van der Waals surface area contributed by atoms with Crippen LogP contribution in [-0.4, -0.2) is 76.6 Å². The highest BCUT2D eigenvalue weighted by atomic mass is 19.1. The fourth-order valence-corrected chi connectivity index (χ4v) is 5.61. The van der Waals surface area contributed by atoms with E-state index in [1.807, 2.05) is 48.0 Å². The molecule has 0 aliphatic carbocycles. The first kappa shape index (κ1) is 29.3. The third kappa shape index (κ3) is 6.74. The van der Waals surface area contributed by atoms with Crippen LogP contribution in [0.2, 0.25) is 0 Å². The number of aromatic nitrogens is 3. The number of likely N-dealkylation sites (tertiary alicyclic amines) is 1. The van der Waals surface area contributed by atoms with Gasteiger partial charge in [-0.2, -0.15) is 0 Å². The van der Waals surface area contributed by atoms with E-state index < -0.39 is 0 Å². The Morgan fingerprint density at radius 2 is 1.89 bits per heavy atom. The van der Waals surface area contributed by atoms with Gasteiger partial charge in [-0.25, -0.2) is 9.37 Å². The number of anilines is 2. The molecule has 0 unspecified atom stereocenters. The summed E-state index contributed by atoms with van der Waals surface area (Å²) in [5.41, 5.74) is 3.70. The summed E-state index contributed by atoms with van der Waals surface area (Å²) in [6.45, 7) is 2.72. The standard InChI is InChI=1S/C33H37FN8O2/c1-40(2)24-11-16-42(17-12-24)21-32(43)39-31-20-26(10-15-36-31)44-25-5-7-30-29(19-25)38-33(41(30)3)37-28-18-23(4-6-27(28)34)22-8-13-35-14-9-22/h4-10,13-14,18-20,24,36H,11-12,15-17,21H2,1-3H3,(H,37,38)(H,39,43). The van der Waals surface area contributed by atoms with Gasteiger partial charge in [0.1, 0.15) is 23.1 Å². The van der Waals surface area contributed by atoms with Crippen molar-refractivity contribution in [3.05, 3.63) is 90.5 Å². The van der Waals surface area contributed by atoms with Gasteiger partial charge in [0.25, 0.3) is 0 Å². The van der Waals surface area contributed by atoms with Crippen LogP contribution in [0.4, 0.5) is 16.0 Å². The minimum Gasteiger partial charge on any atom is -0.457 e. The lowest BCUT2D eigenvalue weighted by Gasteiger charge is -2.34. The molecule has 1 saturated heterocycles. The second-order valence-corrected chi connectivity index (χ2v) is 11.4. The quantitative estimate of drug-likeness (QED) is 0.262. The summed E-state index contributed by atoms with van der Waals surface area (Å²) in [5.74, 6) is 1.91. The van der Waals surface area contributed by atoms with Crippen molar-refractivity contribution in [1.29, 1.82) is 0 Å². The largest absolute Gasteiger partial charge is 0.457 e. The van der Waals surface area contributed by atoms with Gasteiger partial charge in [0.2, 0.25) is 11.9 Å². The van der Waals surface area contributed by atoms with E-state index in [1.54, 1.807) is 30.6 Å². The number of halogens is 1. The summed E-state index contributed by atoms with van der Waals surface area (Å²) in [6, 6.07) is 14.9. The molecule has 1 fully saturated rings. The fraction of sp³-hybridized carbons (Fsp3) is 0.303. The molecule has 6 rings (SSSR count). The summed E-state index contributed by atoms with van der Waals surface area (Å²) < 4.78 is 22.8. The molecule has 3 N–H and O–H groups in total. The van der Waals surface area contributed by atoms with Crippen molar-refractivity contribution in [2.75, 3.05) is 45.6 Å². The fourth-order valence-electron chi connectivity index (χ4n) is 5.61. The highest BCUT2D eigenvalue weighted by Crippen LogP contribution is 2.30. The summed E-state index contributed by atoms with van der Waals surface area (Å²) in [7, 11) is 6.09. The predicted molar refractivity (Wildman–Crippen MR) is 170 cm³/mol. The van der Waals surface area contributed by atoms with E-state index in [2.05, 4.69) is 44.8 Å². The van der Waals surface area contributed by atoms with Gasteiger partial charge in [0.15, 0.2) is 0 Å². The van der Waals surface area contributed by atoms with Gasteiger partial charge in [-0.15, -0.1) is 0 Å². The molecule has 0 bridgehead atoms. The number of aryl methyl sites for hydroxylation is 1. The first-order chi connectivity index (χ1) is 21.3. The first-order valence-corrected chi connectivity index (χ1v) is 14.8. The van der Waals surface area contributed by atoms with Crippen LogP contribution in [-0.2, 0) is 11.8 Å². The predicted octanol–water partition coefficient (Wildman–Crippen LogP) is 4.37. The van der Waals surface area contributed by atoms with Crippen LogP contribution < -0.4 is 20.7 Å². The molecule has 2 aromatic carbocycles. The smallest absolute Gasteiger partial charge is 0.239 e. The van der Waals surface area contributed by atoms with Crippen molar-refractivity contribution in [2.45, 2.75) is 18.9 Å². The SMILES string of the molecule is CN(C)C1CCN(CC(=O)NC2=CC(Oc3ccc4c(c3)nc(Nc3cc(-c5ccncc5)ccc3F)n4C)=CCN2)CC1. The van der Waals surface area contributed by atoms with Crippen LogP contribution in [0.25, 0.3) is 22.2 Å². The summed E-state index contributed by atoms with van der Waals surface area (Å²) in [5, 5.41) is 9.32. The number of carbonyl (C=O) groups excluding carboxylic acids is 1. The molecule has 11 heteroatoms. The van der Waals surface area contributed by atoms with E-state index in [9.17, 15) is 9.18 Å². The van der Waals surface area contributed by atoms with Crippen LogP contribution in [0.5, 0.6) is 5.75 Å². The number of rotatable bonds is 9. The lowest BCUT2D eigenvalue weighted by Crippen LogP contribution is -2.46. The number of allylic oxidation sites excluding steroid dienone is 1. The number of dihydropyridines is 1. The maximum atomic E-state index is 14.8. The number of amides is 1. The van der Waals surface area contributed by atoms with Crippen molar-refractivity contribution in [2.24, 2.45) is 7.05 Å². The molecule has 4 heterocycles. The molecule has 228 valence electrons. The van der Waals surface area contributed by atoms with E-state index in [0.29, 0.717) is 53.6 Å². The van der Waals surface area contributed by atoms with Crippen LogP contribution in [0, 0.1) is 5.82 Å². The summed E-state index contributed by atoms with van der Waals surface area (Å²) >= 11 is 0. The highest BCUT2D eigenvalue weighted by Gasteiger charge is 2.22. The molecule has 44 heavy (non-hydrogen) atoms. The van der Waals surface area contributed by atoms with E-state index in [-0.39, 0.29) is 11.7 Å². The number of piperidine rings is 1. The normalized spacial score (nSPS) is 15.9. The zero-order chi connectivity index (χ0) is 30.6. The summed E-state index contributed by atoms with van der Waals surface area (Å²) in [4.78, 5) is 26.0. The van der Waals surface area contributed by atoms with E-state index in [4.69, 9.17) is 9.72 Å². The number of hydrogen-bond acceptors (Lipinski definition) is 8. The molecular formula is C33H37FN8O2. The second-order valence-electron chi connectivity index (χ2n) is 11.4. The number of hydrogen-bond donors (Lipinski definition) is 3. The van der Waals surface area contributed by atoms with Gasteiger partial charge in [-0.05, 0) is 80.5 Å². The molecule has 2 aromatic heterocycles. The van der Waals surface area contributed by atoms with Gasteiger partial charge >= 0.3 is 0 Å². The number of pyridine rings is 1. The minimum atomic E-state index is -0.375. The van der Waals surface area contributed by atoms with Crippen molar-refractivity contribution >= 4 is 28.6 Å². The lowest BCUT2D eigenvalue weighted by atomic mass is 10.0. The molecule has 2 aliphatic rings. The van der Waals surface area contributed by atoms with Crippen LogP contribution in [0.15, 0.2) is 84.7 Å². The Balaban J connectivity index is 1.10. The zero-order valence-corrected chi connectivity index (χ0v) is 25.2. The third-order valence-electron chi connectivity index (χ3n) is 8.13. The Labute approximate surface area is 256 Å². The molecule has 0 spiro atoms. The van der Waals surface area contributed by atoms with Gasteiger partial charge in [-0.3, -0.25) is 14.7 Å². The molecule has 4 aromatic rings. The van der Waals surface area contributed by atoms with E-state index in [1.165, 1.54) is 6.07 Å². The topological polar surface area (TPSA) is 99.6 Å². The Morgan fingerprint density at radius 3 is 2.66 bits per heavy atom. The van der Waals surface area contributed by atoms with Gasteiger partial charge in [0, 0.05) is 57.3 Å². The van der Waals surface area contributed by atoms with Crippen molar-refractivity contribution < 1.29 is 13.9 Å². The van der Waals surface area contributed by atoms with E-state index in [0.717, 1.165) is 42.6 Å². The van der Waals surface area contributed by atoms with Crippen molar-refractivity contribution in [1.82, 2.24) is 35.0 Å². The second kappa shape index (κ2) is 12.9. The molecule has 2 aliphatic heterocycles. The number of imidazole rings is 1. The number of nitrogens with one attached hydrogen (secondary N) is 3. The number of ether oxygens (including phenoxy) is 1. The highest BCUT2D eigenvalue weighted by molar-refractivity contribution is 5.82. The Kier molecular flexibility index (Phi) is 8.58. The number of carbonyl (C=O) groups is 1. The molecule has 0 saturated carbocycles. The average molecular weight is 597 g/mol. The monoisotopic (exact) mass is 596 g/mol. The number of nitrogens with zero attached hydrogens (tertiary/aromatic N) is 5. The van der Waals surface area contributed by atoms with Crippen molar-refractivity contribution in [3.63, 3.8) is 0 Å². The van der Waals surface area contributed by atoms with Gasteiger partial charge < -0.3 is 30.2 Å². The first-order valence-electron chi connectivity index (χ1n) is 14.8. The Morgan fingerprint density at radius 1 is 1.09 bits per heavy atom. The molecule has 10 nitrogen and oxygen atoms in total. The van der Waals surface area contributed by atoms with Gasteiger partial charge in [0.05, 0.1) is 23.3 Å². The Bertz CT molecular complexity index is 1710. The number of fused-ring (bicyclic) bond motifs is 1. The van der Waals surface area contributed by atoms with Crippen LogP contribution in [0.1, 0.15) is 12.8 Å². The average Bonchev–Trinajstić information content (AvgIpc) is 3.33. The molecule has 1 amide bonds. The van der Waals surface area contributed by atoms with Crippen LogP contribution in [0.3, 0.4) is 0 Å².